The van der Waals surface area contributed by atoms with Crippen LogP contribution in [0.4, 0.5) is 0 Å². The lowest BCUT2D eigenvalue weighted by atomic mass is 10.1. The Morgan fingerprint density at radius 2 is 1.09 bits per heavy atom. The van der Waals surface area contributed by atoms with Gasteiger partial charge in [0, 0.05) is 18.6 Å². The molecular weight excluding hydrogens is 278 g/mol. The Morgan fingerprint density at radius 3 is 1.61 bits per heavy atom. The molecule has 23 heavy (non-hydrogen) atoms. The number of aromatic nitrogens is 1. The van der Waals surface area contributed by atoms with Gasteiger partial charge < -0.3 is 0 Å². The van der Waals surface area contributed by atoms with E-state index in [0.717, 1.165) is 0 Å². The van der Waals surface area contributed by atoms with Crippen molar-refractivity contribution in [2.75, 3.05) is 0 Å². The molecule has 1 nitrogen and oxygen atoms in total. The molecule has 1 aromatic heterocycles. The normalized spacial score (nSPS) is 11.0. The summed E-state index contributed by atoms with van der Waals surface area (Å²) in [6.07, 6.45) is 24.0. The minimum absolute atomic E-state index is 1.19. The summed E-state index contributed by atoms with van der Waals surface area (Å²) in [5.74, 6) is 0. The topological polar surface area (TPSA) is 3.88 Å². The predicted molar refractivity (Wildman–Crippen MR) is 102 cm³/mol. The zero-order chi connectivity index (χ0) is 16.6. The molecular formula is C22H40N+. The third kappa shape index (κ3) is 11.3. The number of unbranched alkanes of at least 4 members (excludes halogenated alkanes) is 11. The molecule has 0 radical (unpaired) electrons. The minimum Gasteiger partial charge on any atom is -0.205 e. The zero-order valence-electron chi connectivity index (χ0n) is 15.9. The summed E-state index contributed by atoms with van der Waals surface area (Å²) < 4.78 is 2.35. The van der Waals surface area contributed by atoms with Crippen LogP contribution in [0.25, 0.3) is 0 Å². The molecule has 0 spiro atoms. The first-order chi connectivity index (χ1) is 11.4. The SMILES string of the molecule is CCCCCCCCCCCCC[n+]1ccc(CCCC)cc1. The van der Waals surface area contributed by atoms with Gasteiger partial charge in [-0.1, -0.05) is 78.1 Å². The van der Waals surface area contributed by atoms with E-state index in [-0.39, 0.29) is 0 Å². The minimum atomic E-state index is 1.19. The van der Waals surface area contributed by atoms with E-state index in [1.165, 1.54) is 102 Å². The maximum atomic E-state index is 2.35. The summed E-state index contributed by atoms with van der Waals surface area (Å²) in [4.78, 5) is 0. The molecule has 0 saturated carbocycles. The van der Waals surface area contributed by atoms with Crippen LogP contribution in [0, 0.1) is 0 Å². The molecule has 0 unspecified atom stereocenters. The Bertz CT molecular complexity index is 355. The molecule has 1 heteroatoms. The van der Waals surface area contributed by atoms with Gasteiger partial charge in [0.05, 0.1) is 0 Å². The number of hydrogen-bond donors (Lipinski definition) is 0. The Labute approximate surface area is 145 Å². The summed E-state index contributed by atoms with van der Waals surface area (Å²) in [6, 6.07) is 4.60. The van der Waals surface area contributed by atoms with Crippen molar-refractivity contribution >= 4 is 0 Å². The first kappa shape index (κ1) is 20.2. The Balaban J connectivity index is 1.92. The van der Waals surface area contributed by atoms with Gasteiger partial charge in [-0.3, -0.25) is 0 Å². The first-order valence-electron chi connectivity index (χ1n) is 10.3. The van der Waals surface area contributed by atoms with Crippen LogP contribution in [0.2, 0.25) is 0 Å². The molecule has 0 aromatic carbocycles. The molecule has 0 atom stereocenters. The first-order valence-corrected chi connectivity index (χ1v) is 10.3. The summed E-state index contributed by atoms with van der Waals surface area (Å²) >= 11 is 0. The van der Waals surface area contributed by atoms with Gasteiger partial charge in [0.15, 0.2) is 12.4 Å². The van der Waals surface area contributed by atoms with E-state index < -0.39 is 0 Å². The third-order valence-electron chi connectivity index (χ3n) is 4.80. The van der Waals surface area contributed by atoms with Gasteiger partial charge in [-0.2, -0.15) is 0 Å². The molecule has 0 fully saturated rings. The van der Waals surface area contributed by atoms with Gasteiger partial charge in [-0.25, -0.2) is 4.57 Å². The van der Waals surface area contributed by atoms with Crippen molar-refractivity contribution in [3.63, 3.8) is 0 Å². The second-order valence-electron chi connectivity index (χ2n) is 7.08. The fourth-order valence-corrected chi connectivity index (χ4v) is 3.14. The van der Waals surface area contributed by atoms with E-state index in [2.05, 4.69) is 42.9 Å². The van der Waals surface area contributed by atoms with E-state index in [9.17, 15) is 0 Å². The molecule has 0 saturated heterocycles. The van der Waals surface area contributed by atoms with Gasteiger partial charge >= 0.3 is 0 Å². The smallest absolute Gasteiger partial charge is 0.169 e. The third-order valence-corrected chi connectivity index (χ3v) is 4.80. The van der Waals surface area contributed by atoms with Crippen LogP contribution in [0.5, 0.6) is 0 Å². The van der Waals surface area contributed by atoms with Crippen LogP contribution >= 0.6 is 0 Å². The van der Waals surface area contributed by atoms with E-state index in [0.29, 0.717) is 0 Å². The lowest BCUT2D eigenvalue weighted by Crippen LogP contribution is -2.32. The highest BCUT2D eigenvalue weighted by atomic mass is 14.9. The lowest BCUT2D eigenvalue weighted by molar-refractivity contribution is -0.697. The van der Waals surface area contributed by atoms with Gasteiger partial charge in [-0.05, 0) is 24.8 Å². The molecule has 1 heterocycles. The van der Waals surface area contributed by atoms with E-state index >= 15 is 0 Å². The highest BCUT2D eigenvalue weighted by molar-refractivity contribution is 5.06. The maximum Gasteiger partial charge on any atom is 0.169 e. The molecule has 1 aromatic rings. The van der Waals surface area contributed by atoms with E-state index in [4.69, 9.17) is 0 Å². The van der Waals surface area contributed by atoms with Crippen LogP contribution in [0.15, 0.2) is 24.5 Å². The highest BCUT2D eigenvalue weighted by Crippen LogP contribution is 2.11. The molecule has 0 aliphatic heterocycles. The van der Waals surface area contributed by atoms with Crippen LogP contribution < -0.4 is 4.57 Å². The Kier molecular flexibility index (Phi) is 12.9. The van der Waals surface area contributed by atoms with Crippen molar-refractivity contribution in [2.45, 2.75) is 110 Å². The fourth-order valence-electron chi connectivity index (χ4n) is 3.14. The summed E-state index contributed by atoms with van der Waals surface area (Å²) in [7, 11) is 0. The van der Waals surface area contributed by atoms with Crippen LogP contribution in [-0.2, 0) is 13.0 Å². The van der Waals surface area contributed by atoms with Gasteiger partial charge in [0.25, 0.3) is 0 Å². The van der Waals surface area contributed by atoms with Crippen molar-refractivity contribution in [3.8, 4) is 0 Å². The van der Waals surface area contributed by atoms with Gasteiger partial charge in [0.1, 0.15) is 6.54 Å². The largest absolute Gasteiger partial charge is 0.205 e. The van der Waals surface area contributed by atoms with Crippen LogP contribution in [-0.4, -0.2) is 0 Å². The van der Waals surface area contributed by atoms with E-state index in [1.807, 2.05) is 0 Å². The monoisotopic (exact) mass is 318 g/mol. The number of pyridine rings is 1. The Morgan fingerprint density at radius 1 is 0.609 bits per heavy atom. The fraction of sp³-hybridized carbons (Fsp3) is 0.773. The number of nitrogens with zero attached hydrogens (tertiary/aromatic N) is 1. The lowest BCUT2D eigenvalue weighted by Gasteiger charge is -2.02. The van der Waals surface area contributed by atoms with E-state index in [1.54, 1.807) is 0 Å². The van der Waals surface area contributed by atoms with Crippen LogP contribution in [0.1, 0.15) is 103 Å². The van der Waals surface area contributed by atoms with Gasteiger partial charge in [0.2, 0.25) is 0 Å². The zero-order valence-corrected chi connectivity index (χ0v) is 15.9. The molecule has 1 rings (SSSR count). The van der Waals surface area contributed by atoms with Crippen molar-refractivity contribution in [1.29, 1.82) is 0 Å². The molecule has 0 aliphatic rings. The van der Waals surface area contributed by atoms with Crippen molar-refractivity contribution in [2.24, 2.45) is 0 Å². The standard InChI is InChI=1S/C22H40N/c1-3-5-7-8-9-10-11-12-13-14-15-19-23-20-17-22(18-21-23)16-6-4-2/h17-18,20-21H,3-16,19H2,1-2H3/q+1. The predicted octanol–water partition coefficient (Wildman–Crippen LogP) is 6.63. The number of hydrogen-bond acceptors (Lipinski definition) is 0. The van der Waals surface area contributed by atoms with Gasteiger partial charge in [-0.15, -0.1) is 0 Å². The Hall–Kier alpha value is -0.850. The average Bonchev–Trinajstić information content (AvgIpc) is 2.59. The highest BCUT2D eigenvalue weighted by Gasteiger charge is 2.01. The molecule has 0 N–H and O–H groups in total. The van der Waals surface area contributed by atoms with Crippen molar-refractivity contribution in [1.82, 2.24) is 0 Å². The number of aryl methyl sites for hydroxylation is 2. The van der Waals surface area contributed by atoms with Crippen molar-refractivity contribution < 1.29 is 4.57 Å². The van der Waals surface area contributed by atoms with Crippen LogP contribution in [0.3, 0.4) is 0 Å². The second kappa shape index (κ2) is 14.7. The summed E-state index contributed by atoms with van der Waals surface area (Å²) in [5, 5.41) is 0. The molecule has 0 amide bonds. The molecule has 132 valence electrons. The number of rotatable bonds is 15. The average molecular weight is 319 g/mol. The summed E-state index contributed by atoms with van der Waals surface area (Å²) in [6.45, 7) is 5.74. The maximum absolute atomic E-state index is 2.35. The molecule has 0 aliphatic carbocycles. The molecule has 0 bridgehead atoms. The summed E-state index contributed by atoms with van der Waals surface area (Å²) in [5.41, 5.74) is 1.49. The second-order valence-corrected chi connectivity index (χ2v) is 7.08. The quantitative estimate of drug-likeness (QED) is 0.252. The van der Waals surface area contributed by atoms with Crippen molar-refractivity contribution in [3.05, 3.63) is 30.1 Å².